The Balaban J connectivity index is 1.73. The number of thioether (sulfide) groups is 1. The number of methoxy groups -OCH3 is 1. The molecule has 1 N–H and O–H groups in total. The highest BCUT2D eigenvalue weighted by Gasteiger charge is 2.25. The van der Waals surface area contributed by atoms with Crippen LogP contribution in [-0.4, -0.2) is 46.8 Å². The van der Waals surface area contributed by atoms with Crippen molar-refractivity contribution in [2.45, 2.75) is 13.5 Å². The third-order valence-corrected chi connectivity index (χ3v) is 4.63. The summed E-state index contributed by atoms with van der Waals surface area (Å²) in [7, 11) is 1.24. The number of rotatable bonds is 7. The van der Waals surface area contributed by atoms with E-state index >= 15 is 0 Å². The van der Waals surface area contributed by atoms with Crippen molar-refractivity contribution in [3.05, 3.63) is 58.8 Å². The van der Waals surface area contributed by atoms with E-state index in [1.165, 1.54) is 7.11 Å². The van der Waals surface area contributed by atoms with Gasteiger partial charge in [-0.1, -0.05) is 0 Å². The topological polar surface area (TPSA) is 107 Å². The molecule has 1 aromatic carbocycles. The zero-order chi connectivity index (χ0) is 20.6. The fourth-order valence-corrected chi connectivity index (χ4v) is 3.20. The molecule has 150 valence electrons. The van der Waals surface area contributed by atoms with Crippen LogP contribution in [0.4, 0.5) is 0 Å². The molecule has 1 aliphatic rings. The van der Waals surface area contributed by atoms with Gasteiger partial charge in [-0.25, -0.2) is 4.79 Å². The quantitative estimate of drug-likeness (QED) is 0.322. The zero-order valence-electron chi connectivity index (χ0n) is 15.9. The van der Waals surface area contributed by atoms with Crippen LogP contribution in [0.25, 0.3) is 0 Å². The number of ether oxygens (including phenoxy) is 2. The van der Waals surface area contributed by atoms with Gasteiger partial charge in [0.25, 0.3) is 5.91 Å². The van der Waals surface area contributed by atoms with Crippen molar-refractivity contribution in [3.8, 4) is 5.75 Å². The third kappa shape index (κ3) is 5.55. The maximum absolute atomic E-state index is 11.8. The number of carbonyl (C=O) groups is 2. The Morgan fingerprint density at radius 2 is 2.28 bits per heavy atom. The predicted octanol–water partition coefficient (Wildman–Crippen LogP) is 1.94. The first-order valence-corrected chi connectivity index (χ1v) is 9.53. The van der Waals surface area contributed by atoms with Gasteiger partial charge in [0.15, 0.2) is 5.17 Å². The first kappa shape index (κ1) is 20.3. The molecule has 0 spiro atoms. The van der Waals surface area contributed by atoms with Crippen molar-refractivity contribution in [1.29, 1.82) is 0 Å². The summed E-state index contributed by atoms with van der Waals surface area (Å²) >= 11 is 1.02. The lowest BCUT2D eigenvalue weighted by molar-refractivity contribution is -0.135. The summed E-state index contributed by atoms with van der Waals surface area (Å²) in [5.41, 5.74) is 1.78. The Kier molecular flexibility index (Phi) is 6.80. The van der Waals surface area contributed by atoms with E-state index < -0.39 is 11.9 Å². The average Bonchev–Trinajstić information content (AvgIpc) is 3.34. The standard InChI is InChI=1S/C19H19N5O4S/c1-3-28-15-6-5-13(9-14(15)12-24-8-4-7-21-24)11-20-23-19-22-18(26)16(29-19)10-17(25)27-2/h4-11H,3,12H2,1-2H3,(H,22,23,26)/b16-10+,20-11?. The van der Waals surface area contributed by atoms with Gasteiger partial charge in [0.1, 0.15) is 5.75 Å². The second-order valence-electron chi connectivity index (χ2n) is 5.74. The van der Waals surface area contributed by atoms with Crippen molar-refractivity contribution in [2.75, 3.05) is 13.7 Å². The van der Waals surface area contributed by atoms with Crippen LogP contribution in [0.5, 0.6) is 5.75 Å². The number of carbonyl (C=O) groups excluding carboxylic acids is 2. The highest BCUT2D eigenvalue weighted by Crippen LogP contribution is 2.24. The molecule has 2 aromatic rings. The molecule has 0 aliphatic carbocycles. The summed E-state index contributed by atoms with van der Waals surface area (Å²) < 4.78 is 12.0. The summed E-state index contributed by atoms with van der Waals surface area (Å²) in [6, 6.07) is 7.54. The van der Waals surface area contributed by atoms with Gasteiger partial charge in [-0.05, 0) is 48.5 Å². The van der Waals surface area contributed by atoms with E-state index in [1.807, 2.05) is 37.4 Å². The van der Waals surface area contributed by atoms with E-state index in [9.17, 15) is 9.59 Å². The summed E-state index contributed by atoms with van der Waals surface area (Å²) in [4.78, 5) is 23.3. The van der Waals surface area contributed by atoms with Crippen LogP contribution in [0, 0.1) is 0 Å². The Hall–Kier alpha value is -3.40. The molecule has 0 saturated carbocycles. The lowest BCUT2D eigenvalue weighted by Gasteiger charge is -2.11. The monoisotopic (exact) mass is 413 g/mol. The van der Waals surface area contributed by atoms with Crippen molar-refractivity contribution in [1.82, 2.24) is 15.1 Å². The number of aromatic nitrogens is 2. The minimum atomic E-state index is -0.605. The van der Waals surface area contributed by atoms with E-state index in [-0.39, 0.29) is 10.1 Å². The van der Waals surface area contributed by atoms with Gasteiger partial charge in [-0.2, -0.15) is 10.2 Å². The van der Waals surface area contributed by atoms with Crippen LogP contribution in [-0.2, 0) is 20.9 Å². The van der Waals surface area contributed by atoms with Crippen LogP contribution in [0.2, 0.25) is 0 Å². The van der Waals surface area contributed by atoms with Crippen molar-refractivity contribution < 1.29 is 19.1 Å². The average molecular weight is 413 g/mol. The number of esters is 1. The molecular formula is C19H19N5O4S. The number of hydrogen-bond acceptors (Lipinski definition) is 8. The van der Waals surface area contributed by atoms with Crippen molar-refractivity contribution >= 4 is 35.0 Å². The maximum Gasteiger partial charge on any atom is 0.331 e. The van der Waals surface area contributed by atoms with Gasteiger partial charge < -0.3 is 9.47 Å². The van der Waals surface area contributed by atoms with Crippen LogP contribution >= 0.6 is 11.8 Å². The smallest absolute Gasteiger partial charge is 0.331 e. The molecule has 1 aliphatic heterocycles. The molecule has 0 atom stereocenters. The van der Waals surface area contributed by atoms with Gasteiger partial charge >= 0.3 is 5.97 Å². The lowest BCUT2D eigenvalue weighted by Crippen LogP contribution is -2.19. The first-order chi connectivity index (χ1) is 14.1. The van der Waals surface area contributed by atoms with Gasteiger partial charge in [0.05, 0.1) is 31.4 Å². The maximum atomic E-state index is 11.8. The Morgan fingerprint density at radius 3 is 3.00 bits per heavy atom. The molecule has 9 nitrogen and oxygen atoms in total. The molecule has 1 amide bonds. The molecule has 0 bridgehead atoms. The predicted molar refractivity (Wildman–Crippen MR) is 110 cm³/mol. The Morgan fingerprint density at radius 1 is 1.41 bits per heavy atom. The second-order valence-corrected chi connectivity index (χ2v) is 6.77. The zero-order valence-corrected chi connectivity index (χ0v) is 16.7. The van der Waals surface area contributed by atoms with Crippen LogP contribution in [0.15, 0.2) is 57.8 Å². The van der Waals surface area contributed by atoms with E-state index in [4.69, 9.17) is 4.74 Å². The summed E-state index contributed by atoms with van der Waals surface area (Å²) in [6.45, 7) is 3.05. The molecule has 1 aromatic heterocycles. The number of benzene rings is 1. The van der Waals surface area contributed by atoms with Gasteiger partial charge in [0.2, 0.25) is 0 Å². The third-order valence-electron chi connectivity index (χ3n) is 3.73. The second kappa shape index (κ2) is 9.69. The molecule has 3 rings (SSSR count). The van der Waals surface area contributed by atoms with E-state index in [1.54, 1.807) is 17.1 Å². The number of nitrogens with zero attached hydrogens (tertiary/aromatic N) is 4. The number of nitrogens with one attached hydrogen (secondary N) is 1. The van der Waals surface area contributed by atoms with Crippen LogP contribution in [0.3, 0.4) is 0 Å². The molecule has 29 heavy (non-hydrogen) atoms. The van der Waals surface area contributed by atoms with Gasteiger partial charge in [0, 0.05) is 24.0 Å². The van der Waals surface area contributed by atoms with Crippen LogP contribution < -0.4 is 10.1 Å². The minimum absolute atomic E-state index is 0.202. The molecule has 2 heterocycles. The van der Waals surface area contributed by atoms with Gasteiger partial charge in [-0.15, -0.1) is 5.10 Å². The van der Waals surface area contributed by atoms with Gasteiger partial charge in [-0.3, -0.25) is 14.8 Å². The fourth-order valence-electron chi connectivity index (χ4n) is 2.46. The molecule has 0 unspecified atom stereocenters. The highest BCUT2D eigenvalue weighted by atomic mass is 32.2. The summed E-state index contributed by atoms with van der Waals surface area (Å²) in [5.74, 6) is -0.244. The highest BCUT2D eigenvalue weighted by molar-refractivity contribution is 8.18. The summed E-state index contributed by atoms with van der Waals surface area (Å²) in [6.07, 6.45) is 6.28. The molecule has 1 fully saturated rings. The first-order valence-electron chi connectivity index (χ1n) is 8.72. The number of hydrogen-bond donors (Lipinski definition) is 1. The minimum Gasteiger partial charge on any atom is -0.494 e. The van der Waals surface area contributed by atoms with Crippen LogP contribution in [0.1, 0.15) is 18.1 Å². The lowest BCUT2D eigenvalue weighted by atomic mass is 10.1. The Labute approximate surface area is 171 Å². The number of amides is 1. The van der Waals surface area contributed by atoms with Crippen molar-refractivity contribution in [3.63, 3.8) is 0 Å². The van der Waals surface area contributed by atoms with E-state index in [0.717, 1.165) is 34.7 Å². The molecule has 0 radical (unpaired) electrons. The molecule has 1 saturated heterocycles. The largest absolute Gasteiger partial charge is 0.494 e. The summed E-state index contributed by atoms with van der Waals surface area (Å²) in [5, 5.41) is 15.1. The van der Waals surface area contributed by atoms with Crippen molar-refractivity contribution in [2.24, 2.45) is 10.2 Å². The Bertz CT molecular complexity index is 982. The van der Waals surface area contributed by atoms with E-state index in [0.29, 0.717) is 13.2 Å². The normalized spacial score (nSPS) is 16.6. The SMILES string of the molecule is CCOc1ccc(C=N/N=C2/NC(=O)/C(=C\C(=O)OC)S2)cc1Cn1cccn1. The molecule has 10 heteroatoms. The number of amidine groups is 1. The fraction of sp³-hybridized carbons (Fsp3) is 0.211. The van der Waals surface area contributed by atoms with E-state index in [2.05, 4.69) is 25.4 Å². The molecular weight excluding hydrogens is 394 g/mol.